The summed E-state index contributed by atoms with van der Waals surface area (Å²) in [4.78, 5) is 14.7. The number of nitrogens with zero attached hydrogens (tertiary/aromatic N) is 1. The summed E-state index contributed by atoms with van der Waals surface area (Å²) in [5.74, 6) is 0.0833. The Balaban J connectivity index is 1.76. The normalized spacial score (nSPS) is 18.2. The van der Waals surface area contributed by atoms with E-state index in [9.17, 15) is 13.2 Å². The van der Waals surface area contributed by atoms with Crippen molar-refractivity contribution >= 4 is 16.0 Å². The van der Waals surface area contributed by atoms with Gasteiger partial charge in [0.15, 0.2) is 6.10 Å². The molecular weight excluding hydrogens is 378 g/mol. The number of benzene rings is 2. The SMILES string of the molecule is Cc1ccc(S(=O)(=O)Oc2ccc(C3OCCN(C(C)(C)C)C3=O)cc2)cc1. The summed E-state index contributed by atoms with van der Waals surface area (Å²) in [5.41, 5.74) is 1.34. The van der Waals surface area contributed by atoms with Crippen LogP contribution in [-0.2, 0) is 19.6 Å². The minimum absolute atomic E-state index is 0.0915. The third-order valence-electron chi connectivity index (χ3n) is 4.60. The highest BCUT2D eigenvalue weighted by Crippen LogP contribution is 2.29. The maximum atomic E-state index is 12.8. The predicted octanol–water partition coefficient (Wildman–Crippen LogP) is 3.46. The van der Waals surface area contributed by atoms with E-state index in [1.54, 1.807) is 29.2 Å². The molecule has 1 atom stereocenters. The lowest BCUT2D eigenvalue weighted by molar-refractivity contribution is -0.160. The van der Waals surface area contributed by atoms with Crippen molar-refractivity contribution in [1.82, 2.24) is 4.90 Å². The third kappa shape index (κ3) is 4.36. The number of rotatable bonds is 4. The summed E-state index contributed by atoms with van der Waals surface area (Å²) in [6.45, 7) is 8.84. The monoisotopic (exact) mass is 403 g/mol. The largest absolute Gasteiger partial charge is 0.379 e. The average Bonchev–Trinajstić information content (AvgIpc) is 2.62. The highest BCUT2D eigenvalue weighted by atomic mass is 32.2. The van der Waals surface area contributed by atoms with Crippen molar-refractivity contribution in [3.05, 3.63) is 59.7 Å². The van der Waals surface area contributed by atoms with E-state index in [4.69, 9.17) is 8.92 Å². The maximum absolute atomic E-state index is 12.8. The van der Waals surface area contributed by atoms with Crippen LogP contribution in [0.5, 0.6) is 5.75 Å². The maximum Gasteiger partial charge on any atom is 0.339 e. The fraction of sp³-hybridized carbons (Fsp3) is 0.381. The van der Waals surface area contributed by atoms with Crippen molar-refractivity contribution in [3.8, 4) is 5.75 Å². The van der Waals surface area contributed by atoms with Crippen molar-refractivity contribution in [2.45, 2.75) is 44.2 Å². The molecule has 2 aromatic carbocycles. The molecule has 1 aliphatic rings. The van der Waals surface area contributed by atoms with E-state index in [2.05, 4.69) is 0 Å². The Bertz CT molecular complexity index is 944. The number of carbonyl (C=O) groups is 1. The minimum Gasteiger partial charge on any atom is -0.379 e. The Morgan fingerprint density at radius 1 is 1.04 bits per heavy atom. The van der Waals surface area contributed by atoms with Crippen LogP contribution in [0.15, 0.2) is 53.4 Å². The molecule has 1 amide bonds. The molecule has 1 aliphatic heterocycles. The first-order valence-electron chi connectivity index (χ1n) is 9.12. The van der Waals surface area contributed by atoms with Crippen molar-refractivity contribution in [2.24, 2.45) is 0 Å². The van der Waals surface area contributed by atoms with Crippen LogP contribution in [0.2, 0.25) is 0 Å². The Morgan fingerprint density at radius 2 is 1.64 bits per heavy atom. The Hall–Kier alpha value is -2.38. The lowest BCUT2D eigenvalue weighted by Crippen LogP contribution is -2.52. The van der Waals surface area contributed by atoms with Gasteiger partial charge in [-0.05, 0) is 57.5 Å². The van der Waals surface area contributed by atoms with Gasteiger partial charge in [-0.3, -0.25) is 4.79 Å². The van der Waals surface area contributed by atoms with Crippen LogP contribution in [-0.4, -0.2) is 37.9 Å². The summed E-state index contributed by atoms with van der Waals surface area (Å²) < 4.78 is 35.7. The van der Waals surface area contributed by atoms with Gasteiger partial charge in [0.2, 0.25) is 0 Å². The fourth-order valence-electron chi connectivity index (χ4n) is 3.07. The van der Waals surface area contributed by atoms with E-state index < -0.39 is 16.2 Å². The number of aryl methyl sites for hydroxylation is 1. The molecule has 6 nitrogen and oxygen atoms in total. The lowest BCUT2D eigenvalue weighted by atomic mass is 10.0. The summed E-state index contributed by atoms with van der Waals surface area (Å²) in [6, 6.07) is 12.8. The highest BCUT2D eigenvalue weighted by molar-refractivity contribution is 7.87. The number of hydrogen-bond donors (Lipinski definition) is 0. The fourth-order valence-corrected chi connectivity index (χ4v) is 4.00. The van der Waals surface area contributed by atoms with E-state index in [0.29, 0.717) is 18.7 Å². The molecule has 1 heterocycles. The zero-order valence-electron chi connectivity index (χ0n) is 16.5. The lowest BCUT2D eigenvalue weighted by Gasteiger charge is -2.41. The first-order valence-corrected chi connectivity index (χ1v) is 10.5. The smallest absolute Gasteiger partial charge is 0.339 e. The molecule has 150 valence electrons. The number of hydrogen-bond acceptors (Lipinski definition) is 5. The van der Waals surface area contributed by atoms with Gasteiger partial charge in [0.1, 0.15) is 10.6 Å². The van der Waals surface area contributed by atoms with Gasteiger partial charge in [-0.15, -0.1) is 0 Å². The van der Waals surface area contributed by atoms with E-state index in [1.165, 1.54) is 24.3 Å². The standard InChI is InChI=1S/C21H25NO5S/c1-15-5-11-18(12-6-15)28(24,25)27-17-9-7-16(8-10-17)19-20(23)22(13-14-26-19)21(2,3)4/h5-12,19H,13-14H2,1-4H3. The summed E-state index contributed by atoms with van der Waals surface area (Å²) in [5, 5.41) is 0. The number of morpholine rings is 1. The first-order chi connectivity index (χ1) is 13.1. The zero-order valence-corrected chi connectivity index (χ0v) is 17.3. The number of ether oxygens (including phenoxy) is 1. The van der Waals surface area contributed by atoms with Gasteiger partial charge in [-0.25, -0.2) is 0 Å². The average molecular weight is 404 g/mol. The minimum atomic E-state index is -3.91. The molecule has 0 spiro atoms. The number of carbonyl (C=O) groups excluding carboxylic acids is 1. The van der Waals surface area contributed by atoms with Crippen LogP contribution in [0.25, 0.3) is 0 Å². The summed E-state index contributed by atoms with van der Waals surface area (Å²) >= 11 is 0. The van der Waals surface area contributed by atoms with Crippen molar-refractivity contribution in [2.75, 3.05) is 13.2 Å². The zero-order chi connectivity index (χ0) is 20.5. The molecule has 3 rings (SSSR count). The molecule has 28 heavy (non-hydrogen) atoms. The molecule has 0 aliphatic carbocycles. The topological polar surface area (TPSA) is 72.9 Å². The second-order valence-electron chi connectivity index (χ2n) is 7.83. The van der Waals surface area contributed by atoms with Crippen molar-refractivity contribution in [3.63, 3.8) is 0 Å². The Labute approximate surface area is 166 Å². The highest BCUT2D eigenvalue weighted by Gasteiger charge is 2.36. The van der Waals surface area contributed by atoms with Crippen LogP contribution in [0.1, 0.15) is 38.0 Å². The van der Waals surface area contributed by atoms with Gasteiger partial charge in [0.25, 0.3) is 5.91 Å². The Kier molecular flexibility index (Phi) is 5.50. The molecule has 1 unspecified atom stereocenters. The van der Waals surface area contributed by atoms with E-state index in [0.717, 1.165) is 5.56 Å². The molecule has 0 N–H and O–H groups in total. The van der Waals surface area contributed by atoms with Gasteiger partial charge in [0.05, 0.1) is 6.61 Å². The molecule has 1 fully saturated rings. The third-order valence-corrected chi connectivity index (χ3v) is 5.86. The van der Waals surface area contributed by atoms with Gasteiger partial charge >= 0.3 is 10.1 Å². The molecule has 0 radical (unpaired) electrons. The van der Waals surface area contributed by atoms with Crippen LogP contribution in [0, 0.1) is 6.92 Å². The van der Waals surface area contributed by atoms with Crippen molar-refractivity contribution in [1.29, 1.82) is 0 Å². The van der Waals surface area contributed by atoms with Crippen LogP contribution < -0.4 is 4.18 Å². The van der Waals surface area contributed by atoms with Gasteiger partial charge in [-0.1, -0.05) is 29.8 Å². The molecule has 0 saturated carbocycles. The molecule has 1 saturated heterocycles. The molecule has 2 aromatic rings. The molecular formula is C21H25NO5S. The van der Waals surface area contributed by atoms with E-state index >= 15 is 0 Å². The number of amides is 1. The second kappa shape index (κ2) is 7.56. The summed E-state index contributed by atoms with van der Waals surface area (Å²) in [6.07, 6.45) is -0.698. The quantitative estimate of drug-likeness (QED) is 0.731. The predicted molar refractivity (Wildman–Crippen MR) is 106 cm³/mol. The van der Waals surface area contributed by atoms with Gasteiger partial charge < -0.3 is 13.8 Å². The van der Waals surface area contributed by atoms with Gasteiger partial charge in [-0.2, -0.15) is 8.42 Å². The summed E-state index contributed by atoms with van der Waals surface area (Å²) in [7, 11) is -3.91. The van der Waals surface area contributed by atoms with E-state index in [-0.39, 0.29) is 22.1 Å². The van der Waals surface area contributed by atoms with Crippen LogP contribution >= 0.6 is 0 Å². The van der Waals surface area contributed by atoms with Crippen LogP contribution in [0.3, 0.4) is 0 Å². The molecule has 0 aromatic heterocycles. The van der Waals surface area contributed by atoms with Crippen LogP contribution in [0.4, 0.5) is 0 Å². The molecule has 7 heteroatoms. The second-order valence-corrected chi connectivity index (χ2v) is 9.38. The Morgan fingerprint density at radius 3 is 2.21 bits per heavy atom. The first kappa shape index (κ1) is 20.4. The van der Waals surface area contributed by atoms with Crippen molar-refractivity contribution < 1.29 is 22.1 Å². The van der Waals surface area contributed by atoms with Gasteiger partial charge in [0, 0.05) is 12.1 Å². The molecule has 0 bridgehead atoms. The van der Waals surface area contributed by atoms with E-state index in [1.807, 2.05) is 27.7 Å².